The molecule has 10 heteroatoms. The van der Waals surface area contributed by atoms with Crippen LogP contribution in [0, 0.1) is 6.92 Å². The second kappa shape index (κ2) is 10.6. The van der Waals surface area contributed by atoms with Crippen molar-refractivity contribution in [2.75, 3.05) is 47.1 Å². The molecule has 156 valence electrons. The van der Waals surface area contributed by atoms with Crippen molar-refractivity contribution in [1.29, 1.82) is 0 Å². The van der Waals surface area contributed by atoms with E-state index >= 15 is 0 Å². The Morgan fingerprint density at radius 3 is 2.79 bits per heavy atom. The van der Waals surface area contributed by atoms with E-state index in [1.165, 1.54) is 7.11 Å². The van der Waals surface area contributed by atoms with Crippen LogP contribution in [-0.2, 0) is 20.8 Å². The topological polar surface area (TPSA) is 114 Å². The smallest absolute Gasteiger partial charge is 0.348 e. The lowest BCUT2D eigenvalue weighted by Crippen LogP contribution is -2.37. The molecule has 0 bridgehead atoms. The van der Waals surface area contributed by atoms with Crippen molar-refractivity contribution in [3.8, 4) is 0 Å². The van der Waals surface area contributed by atoms with Crippen LogP contribution in [0.2, 0.25) is 0 Å². The molecule has 28 heavy (non-hydrogen) atoms. The molecule has 9 nitrogen and oxygen atoms in total. The van der Waals surface area contributed by atoms with E-state index in [0.717, 1.165) is 11.3 Å². The zero-order valence-corrected chi connectivity index (χ0v) is 17.4. The van der Waals surface area contributed by atoms with Crippen molar-refractivity contribution < 1.29 is 24.1 Å². The highest BCUT2D eigenvalue weighted by molar-refractivity contribution is 7.20. The average Bonchev–Trinajstić information content (AvgIpc) is 3.00. The first-order valence-electron chi connectivity index (χ1n) is 8.98. The Hall–Kier alpha value is -1.85. The normalized spacial score (nSPS) is 12.6. The number of ether oxygens (including phenoxy) is 3. The number of nitrogens with one attached hydrogen (secondary N) is 1. The van der Waals surface area contributed by atoms with Gasteiger partial charge in [0.2, 0.25) is 0 Å². The number of aryl methyl sites for hydroxylation is 1. The monoisotopic (exact) mass is 413 g/mol. The Morgan fingerprint density at radius 2 is 2.14 bits per heavy atom. The number of esters is 1. The number of carbonyl (C=O) groups excluding carboxylic acids is 1. The van der Waals surface area contributed by atoms with Crippen LogP contribution in [0.1, 0.15) is 28.0 Å². The van der Waals surface area contributed by atoms with Crippen molar-refractivity contribution in [1.82, 2.24) is 14.9 Å². The molecule has 0 fully saturated rings. The third kappa shape index (κ3) is 5.58. The van der Waals surface area contributed by atoms with E-state index in [1.54, 1.807) is 14.0 Å². The van der Waals surface area contributed by atoms with E-state index in [0.29, 0.717) is 59.3 Å². The van der Waals surface area contributed by atoms with Gasteiger partial charge in [-0.15, -0.1) is 11.3 Å². The van der Waals surface area contributed by atoms with Gasteiger partial charge >= 0.3 is 5.97 Å². The van der Waals surface area contributed by atoms with E-state index in [1.807, 2.05) is 11.8 Å². The maximum absolute atomic E-state index is 12.6. The number of thiophene rings is 1. The number of carbonyl (C=O) groups is 1. The second-order valence-electron chi connectivity index (χ2n) is 6.28. The van der Waals surface area contributed by atoms with Gasteiger partial charge in [-0.1, -0.05) is 0 Å². The van der Waals surface area contributed by atoms with Gasteiger partial charge in [0.1, 0.15) is 15.5 Å². The van der Waals surface area contributed by atoms with Gasteiger partial charge in [-0.3, -0.25) is 9.69 Å². The molecule has 0 unspecified atom stereocenters. The predicted molar refractivity (Wildman–Crippen MR) is 106 cm³/mol. The van der Waals surface area contributed by atoms with Crippen LogP contribution in [0.15, 0.2) is 4.79 Å². The minimum absolute atomic E-state index is 0.232. The van der Waals surface area contributed by atoms with Crippen LogP contribution in [0.4, 0.5) is 0 Å². The van der Waals surface area contributed by atoms with Gasteiger partial charge in [-0.2, -0.15) is 0 Å². The summed E-state index contributed by atoms with van der Waals surface area (Å²) in [6, 6.07) is 0. The molecule has 0 radical (unpaired) electrons. The lowest BCUT2D eigenvalue weighted by molar-refractivity contribution is 0.0144. The molecule has 0 aromatic carbocycles. The molecule has 0 aliphatic rings. The number of hydrogen-bond acceptors (Lipinski definition) is 9. The molecule has 2 aromatic heterocycles. The van der Waals surface area contributed by atoms with Gasteiger partial charge in [-0.25, -0.2) is 9.78 Å². The van der Waals surface area contributed by atoms with Gasteiger partial charge in [0.25, 0.3) is 5.56 Å². The highest BCUT2D eigenvalue weighted by Gasteiger charge is 2.20. The van der Waals surface area contributed by atoms with Crippen LogP contribution in [-0.4, -0.2) is 79.2 Å². The summed E-state index contributed by atoms with van der Waals surface area (Å²) in [4.78, 5) is 34.5. The van der Waals surface area contributed by atoms with Gasteiger partial charge in [-0.05, 0) is 19.4 Å². The van der Waals surface area contributed by atoms with Crippen LogP contribution >= 0.6 is 11.3 Å². The van der Waals surface area contributed by atoms with Crippen molar-refractivity contribution in [2.24, 2.45) is 0 Å². The van der Waals surface area contributed by atoms with E-state index in [9.17, 15) is 14.7 Å². The first-order chi connectivity index (χ1) is 13.4. The molecule has 1 atom stereocenters. The van der Waals surface area contributed by atoms with Crippen LogP contribution in [0.5, 0.6) is 0 Å². The first kappa shape index (κ1) is 22.4. The summed E-state index contributed by atoms with van der Waals surface area (Å²) in [7, 11) is 2.90. The first-order valence-corrected chi connectivity index (χ1v) is 9.80. The summed E-state index contributed by atoms with van der Waals surface area (Å²) in [5.41, 5.74) is 0.265. The number of methoxy groups -OCH3 is 2. The fraction of sp³-hybridized carbons (Fsp3) is 0.611. The van der Waals surface area contributed by atoms with Crippen molar-refractivity contribution in [3.63, 3.8) is 0 Å². The van der Waals surface area contributed by atoms with Crippen molar-refractivity contribution >= 4 is 27.5 Å². The third-order valence-electron chi connectivity index (χ3n) is 4.19. The Bertz CT molecular complexity index is 850. The fourth-order valence-corrected chi connectivity index (χ4v) is 3.94. The number of aliphatic hydroxyl groups is 1. The van der Waals surface area contributed by atoms with E-state index in [2.05, 4.69) is 9.97 Å². The molecule has 2 N–H and O–H groups in total. The molecular formula is C18H27N3O6S. The Labute approximate surface area is 167 Å². The maximum Gasteiger partial charge on any atom is 0.348 e. The Kier molecular flexibility index (Phi) is 8.52. The Morgan fingerprint density at radius 1 is 1.39 bits per heavy atom. The number of aliphatic hydroxyl groups excluding tert-OH is 1. The van der Waals surface area contributed by atoms with Crippen molar-refractivity contribution in [2.45, 2.75) is 26.5 Å². The van der Waals surface area contributed by atoms with Crippen molar-refractivity contribution in [3.05, 3.63) is 26.6 Å². The molecule has 0 aliphatic carbocycles. The molecule has 0 aliphatic heterocycles. The maximum atomic E-state index is 12.6. The molecule has 2 heterocycles. The number of hydrogen-bond donors (Lipinski definition) is 2. The highest BCUT2D eigenvalue weighted by atomic mass is 32.1. The minimum atomic E-state index is -0.665. The number of nitrogens with zero attached hydrogens (tertiary/aromatic N) is 2. The zero-order valence-electron chi connectivity index (χ0n) is 16.6. The number of fused-ring (bicyclic) bond motifs is 1. The van der Waals surface area contributed by atoms with Gasteiger partial charge < -0.3 is 24.3 Å². The second-order valence-corrected chi connectivity index (χ2v) is 7.28. The predicted octanol–water partition coefficient (Wildman–Crippen LogP) is 0.925. The van der Waals surface area contributed by atoms with E-state index in [-0.39, 0.29) is 12.2 Å². The van der Waals surface area contributed by atoms with E-state index in [4.69, 9.17) is 14.2 Å². The van der Waals surface area contributed by atoms with Gasteiger partial charge in [0.15, 0.2) is 0 Å². The molecule has 0 amide bonds. The SMILES string of the molecule is CCOC[C@H](O)CN(CCOC)Cc1nc2sc(C(=O)OC)c(C)c2c(=O)[nH]1. The summed E-state index contributed by atoms with van der Waals surface area (Å²) < 4.78 is 15.2. The number of H-pyrrole nitrogens is 1. The van der Waals surface area contributed by atoms with Gasteiger partial charge in [0.05, 0.1) is 38.4 Å². The highest BCUT2D eigenvalue weighted by Crippen LogP contribution is 2.27. The lowest BCUT2D eigenvalue weighted by atomic mass is 10.2. The summed E-state index contributed by atoms with van der Waals surface area (Å²) in [6.07, 6.45) is -0.665. The zero-order chi connectivity index (χ0) is 20.7. The molecule has 0 saturated heterocycles. The van der Waals surface area contributed by atoms with Crippen LogP contribution in [0.25, 0.3) is 10.2 Å². The van der Waals surface area contributed by atoms with Crippen LogP contribution in [0.3, 0.4) is 0 Å². The minimum Gasteiger partial charge on any atom is -0.465 e. The largest absolute Gasteiger partial charge is 0.465 e. The number of rotatable bonds is 11. The molecule has 0 saturated carbocycles. The summed E-state index contributed by atoms with van der Waals surface area (Å²) in [5.74, 6) is -0.0305. The third-order valence-corrected chi connectivity index (χ3v) is 5.35. The molecule has 2 aromatic rings. The summed E-state index contributed by atoms with van der Waals surface area (Å²) >= 11 is 1.14. The molecule has 2 rings (SSSR count). The number of aromatic amines is 1. The summed E-state index contributed by atoms with van der Waals surface area (Å²) in [6.45, 7) is 6.03. The van der Waals surface area contributed by atoms with Crippen LogP contribution < -0.4 is 5.56 Å². The fourth-order valence-electron chi connectivity index (χ4n) is 2.82. The lowest BCUT2D eigenvalue weighted by Gasteiger charge is -2.24. The quantitative estimate of drug-likeness (QED) is 0.523. The molecular weight excluding hydrogens is 386 g/mol. The van der Waals surface area contributed by atoms with E-state index < -0.39 is 12.1 Å². The average molecular weight is 413 g/mol. The molecule has 0 spiro atoms. The Balaban J connectivity index is 2.26. The summed E-state index contributed by atoms with van der Waals surface area (Å²) in [5, 5.41) is 10.5. The van der Waals surface area contributed by atoms with Gasteiger partial charge in [0, 0.05) is 26.8 Å². The number of aromatic nitrogens is 2. The standard InChI is InChI=1S/C18H27N3O6S/c1-5-27-10-12(22)8-21(6-7-25-3)9-13-19-16(23)14-11(2)15(18(24)26-4)28-17(14)20-13/h12,22H,5-10H2,1-4H3,(H,19,20,23)/t12-/m1/s1.